The smallest absolute Gasteiger partial charge is 0.144 e. The van der Waals surface area contributed by atoms with Gasteiger partial charge in [-0.1, -0.05) is 48.5 Å². The van der Waals surface area contributed by atoms with E-state index in [4.69, 9.17) is 14.3 Å². The van der Waals surface area contributed by atoms with Gasteiger partial charge in [-0.25, -0.2) is 0 Å². The highest BCUT2D eigenvalue weighted by atomic mass is 16.5. The maximum atomic E-state index is 10.2. The van der Waals surface area contributed by atoms with Crippen molar-refractivity contribution in [2.75, 3.05) is 11.6 Å². The number of anilines is 1. The summed E-state index contributed by atoms with van der Waals surface area (Å²) in [4.78, 5) is 0. The first-order valence-corrected chi connectivity index (χ1v) is 10.2. The number of hydrogen-bond acceptors (Lipinski definition) is 6. The summed E-state index contributed by atoms with van der Waals surface area (Å²) in [7, 11) is 0. The van der Waals surface area contributed by atoms with E-state index in [1.165, 1.54) is 5.56 Å². The average Bonchev–Trinajstić information content (AvgIpc) is 3.47. The van der Waals surface area contributed by atoms with Crippen molar-refractivity contribution >= 4 is 11.4 Å². The Morgan fingerprint density at radius 2 is 1.70 bits per heavy atom. The van der Waals surface area contributed by atoms with E-state index in [-0.39, 0.29) is 12.6 Å². The van der Waals surface area contributed by atoms with E-state index in [0.29, 0.717) is 5.76 Å². The van der Waals surface area contributed by atoms with Gasteiger partial charge in [-0.15, -0.1) is 0 Å². The van der Waals surface area contributed by atoms with Crippen LogP contribution in [0.25, 0.3) is 0 Å². The van der Waals surface area contributed by atoms with Crippen molar-refractivity contribution in [3.63, 3.8) is 0 Å². The van der Waals surface area contributed by atoms with Crippen LogP contribution in [0.15, 0.2) is 76.2 Å². The predicted molar refractivity (Wildman–Crippen MR) is 113 cm³/mol. The normalized spacial score (nSPS) is 26.2. The van der Waals surface area contributed by atoms with Crippen LogP contribution in [0.4, 0.5) is 5.69 Å². The molecule has 1 unspecified atom stereocenters. The molecule has 0 aliphatic carbocycles. The van der Waals surface area contributed by atoms with E-state index in [9.17, 15) is 10.2 Å². The van der Waals surface area contributed by atoms with Gasteiger partial charge in [0, 0.05) is 12.0 Å². The molecule has 2 aliphatic heterocycles. The average molecular weight is 404 g/mol. The van der Waals surface area contributed by atoms with Gasteiger partial charge in [0.05, 0.1) is 24.0 Å². The van der Waals surface area contributed by atoms with Gasteiger partial charge >= 0.3 is 0 Å². The molecule has 6 nitrogen and oxygen atoms in total. The first-order valence-electron chi connectivity index (χ1n) is 10.2. The summed E-state index contributed by atoms with van der Waals surface area (Å²) < 4.78 is 11.4. The molecule has 0 bridgehead atoms. The number of benzene rings is 2. The Morgan fingerprint density at radius 3 is 2.37 bits per heavy atom. The van der Waals surface area contributed by atoms with Crippen molar-refractivity contribution in [1.29, 1.82) is 0 Å². The molecule has 1 aromatic heterocycles. The monoisotopic (exact) mass is 404 g/mol. The van der Waals surface area contributed by atoms with E-state index in [0.717, 1.165) is 29.1 Å². The van der Waals surface area contributed by atoms with Crippen molar-refractivity contribution < 1.29 is 19.4 Å². The molecule has 30 heavy (non-hydrogen) atoms. The van der Waals surface area contributed by atoms with E-state index in [1.807, 2.05) is 49.4 Å². The number of aliphatic hydroxyl groups excluding tert-OH is 2. The van der Waals surface area contributed by atoms with E-state index in [2.05, 4.69) is 29.3 Å². The maximum absolute atomic E-state index is 10.2. The molecule has 1 saturated heterocycles. The highest BCUT2D eigenvalue weighted by Gasteiger charge is 2.39. The van der Waals surface area contributed by atoms with Crippen molar-refractivity contribution in [3.8, 4) is 0 Å². The lowest BCUT2D eigenvalue weighted by Crippen LogP contribution is -2.24. The van der Waals surface area contributed by atoms with Crippen LogP contribution in [-0.2, 0) is 4.74 Å². The number of ether oxygens (including phenoxy) is 1. The molecular weight excluding hydrogens is 380 g/mol. The number of aliphatic hydroxyl groups is 2. The van der Waals surface area contributed by atoms with Crippen LogP contribution in [0.2, 0.25) is 0 Å². The molecular formula is C24H24N2O4. The number of aryl methyl sites for hydroxylation is 1. The first-order chi connectivity index (χ1) is 14.6. The molecule has 1 fully saturated rings. The third-order valence-electron chi connectivity index (χ3n) is 5.79. The summed E-state index contributed by atoms with van der Waals surface area (Å²) in [6.07, 6.45) is -1.82. The standard InChI is InChI=1S/C24H24N2O4/c1-15-18(12-22(30-15)24-23(28)21(27)14-29-24)19-13-20(16-8-4-2-5-9-16)26(25-19)17-10-6-3-7-11-17/h2-12,20-21,23-24,27-28H,13-14H2,1H3/t20?,21-,23-,24+/m1/s1. The third kappa shape index (κ3) is 3.33. The first kappa shape index (κ1) is 19.1. The van der Waals surface area contributed by atoms with Crippen LogP contribution in [0, 0.1) is 6.92 Å². The lowest BCUT2D eigenvalue weighted by molar-refractivity contribution is 0.0117. The number of furan rings is 1. The molecule has 0 saturated carbocycles. The zero-order valence-electron chi connectivity index (χ0n) is 16.7. The van der Waals surface area contributed by atoms with E-state index < -0.39 is 18.3 Å². The molecule has 2 aromatic carbocycles. The lowest BCUT2D eigenvalue weighted by Gasteiger charge is -2.23. The Bertz CT molecular complexity index is 1050. The number of para-hydroxylation sites is 1. The minimum Gasteiger partial charge on any atom is -0.463 e. The fourth-order valence-electron chi connectivity index (χ4n) is 4.21. The van der Waals surface area contributed by atoms with Crippen molar-refractivity contribution in [2.45, 2.75) is 37.7 Å². The minimum atomic E-state index is -0.994. The van der Waals surface area contributed by atoms with Crippen molar-refractivity contribution in [1.82, 2.24) is 0 Å². The lowest BCUT2D eigenvalue weighted by atomic mass is 9.98. The Balaban J connectivity index is 1.50. The number of hydrazone groups is 1. The Hall–Kier alpha value is -2.93. The Labute approximate surface area is 175 Å². The highest BCUT2D eigenvalue weighted by molar-refractivity contribution is 6.04. The molecule has 4 atom stereocenters. The second-order valence-corrected chi connectivity index (χ2v) is 7.79. The number of hydrogen-bond donors (Lipinski definition) is 2. The van der Waals surface area contributed by atoms with Crippen LogP contribution >= 0.6 is 0 Å². The fraction of sp³-hybridized carbons (Fsp3) is 0.292. The molecule has 0 radical (unpaired) electrons. The largest absolute Gasteiger partial charge is 0.463 e. The van der Waals surface area contributed by atoms with Gasteiger partial charge in [0.2, 0.25) is 0 Å². The molecule has 3 aromatic rings. The summed E-state index contributed by atoms with van der Waals surface area (Å²) >= 11 is 0. The maximum Gasteiger partial charge on any atom is 0.144 e. The molecule has 0 spiro atoms. The molecule has 5 rings (SSSR count). The SMILES string of the molecule is Cc1oc([C@@H]2OC[C@@H](O)[C@H]2O)cc1C1=NN(c2ccccc2)C(c2ccccc2)C1. The minimum absolute atomic E-state index is 0.0801. The molecule has 0 amide bonds. The van der Waals surface area contributed by atoms with Crippen molar-refractivity contribution in [3.05, 3.63) is 89.4 Å². The second kappa shape index (κ2) is 7.72. The summed E-state index contributed by atoms with van der Waals surface area (Å²) in [5, 5.41) is 27.0. The van der Waals surface area contributed by atoms with Gasteiger partial charge in [-0.2, -0.15) is 5.10 Å². The highest BCUT2D eigenvalue weighted by Crippen LogP contribution is 2.39. The zero-order chi connectivity index (χ0) is 20.7. The van der Waals surface area contributed by atoms with Crippen LogP contribution in [0.3, 0.4) is 0 Å². The van der Waals surface area contributed by atoms with Gasteiger partial charge in [-0.05, 0) is 30.7 Å². The number of nitrogens with zero attached hydrogens (tertiary/aromatic N) is 2. The fourth-order valence-corrected chi connectivity index (χ4v) is 4.21. The Kier molecular flexibility index (Phi) is 4.90. The van der Waals surface area contributed by atoms with Gasteiger partial charge in [0.15, 0.2) is 0 Å². The van der Waals surface area contributed by atoms with E-state index in [1.54, 1.807) is 0 Å². The van der Waals surface area contributed by atoms with Gasteiger partial charge < -0.3 is 19.4 Å². The third-order valence-corrected chi connectivity index (χ3v) is 5.79. The topological polar surface area (TPSA) is 78.4 Å². The zero-order valence-corrected chi connectivity index (χ0v) is 16.7. The molecule has 3 heterocycles. The quantitative estimate of drug-likeness (QED) is 0.693. The molecule has 2 N–H and O–H groups in total. The van der Waals surface area contributed by atoms with E-state index >= 15 is 0 Å². The van der Waals surface area contributed by atoms with Crippen LogP contribution < -0.4 is 5.01 Å². The summed E-state index contributed by atoms with van der Waals surface area (Å²) in [5.41, 5.74) is 4.05. The molecule has 6 heteroatoms. The molecule has 2 aliphatic rings. The van der Waals surface area contributed by atoms with Crippen LogP contribution in [0.1, 0.15) is 41.2 Å². The summed E-state index contributed by atoms with van der Waals surface area (Å²) in [6.45, 7) is 1.99. The van der Waals surface area contributed by atoms with Gasteiger partial charge in [0.1, 0.15) is 29.8 Å². The second-order valence-electron chi connectivity index (χ2n) is 7.79. The predicted octanol–water partition coefficient (Wildman–Crippen LogP) is 3.74. The number of rotatable bonds is 4. The van der Waals surface area contributed by atoms with Gasteiger partial charge in [-0.3, -0.25) is 5.01 Å². The van der Waals surface area contributed by atoms with Gasteiger partial charge in [0.25, 0.3) is 0 Å². The Morgan fingerprint density at radius 1 is 1.00 bits per heavy atom. The van der Waals surface area contributed by atoms with Crippen molar-refractivity contribution in [2.24, 2.45) is 5.10 Å². The van der Waals surface area contributed by atoms with Crippen LogP contribution in [0.5, 0.6) is 0 Å². The molecule has 154 valence electrons. The van der Waals surface area contributed by atoms with Crippen LogP contribution in [-0.4, -0.2) is 34.7 Å². The summed E-state index contributed by atoms with van der Waals surface area (Å²) in [5.74, 6) is 1.24. The summed E-state index contributed by atoms with van der Waals surface area (Å²) in [6, 6.07) is 22.4.